The number of amidine groups is 1. The smallest absolute Gasteiger partial charge is 0.140 e. The van der Waals surface area contributed by atoms with E-state index in [1.807, 2.05) is 30.3 Å². The zero-order valence-corrected chi connectivity index (χ0v) is 13.2. The Morgan fingerprint density at radius 1 is 1.24 bits per heavy atom. The molecule has 0 radical (unpaired) electrons. The molecular weight excluding hydrogens is 260 g/mol. The Morgan fingerprint density at radius 2 is 1.90 bits per heavy atom. The highest BCUT2D eigenvalue weighted by atomic mass is 15.2. The molecule has 112 valence electrons. The van der Waals surface area contributed by atoms with Crippen LogP contribution in [0.25, 0.3) is 10.9 Å². The maximum atomic E-state index is 7.88. The van der Waals surface area contributed by atoms with Gasteiger partial charge in [0.05, 0.1) is 11.1 Å². The molecule has 0 unspecified atom stereocenters. The molecule has 0 saturated heterocycles. The van der Waals surface area contributed by atoms with Gasteiger partial charge < -0.3 is 10.6 Å². The molecule has 0 spiro atoms. The molecule has 4 nitrogen and oxygen atoms in total. The van der Waals surface area contributed by atoms with Crippen molar-refractivity contribution in [3.8, 4) is 0 Å². The van der Waals surface area contributed by atoms with Crippen molar-refractivity contribution in [3.63, 3.8) is 0 Å². The topological polar surface area (TPSA) is 66.0 Å². The van der Waals surface area contributed by atoms with Gasteiger partial charge in [-0.2, -0.15) is 0 Å². The van der Waals surface area contributed by atoms with Crippen molar-refractivity contribution in [2.45, 2.75) is 33.7 Å². The van der Waals surface area contributed by atoms with Crippen LogP contribution in [0.2, 0.25) is 0 Å². The lowest BCUT2D eigenvalue weighted by Gasteiger charge is -2.31. The molecule has 0 aliphatic carbocycles. The van der Waals surface area contributed by atoms with Crippen molar-refractivity contribution in [3.05, 3.63) is 35.9 Å². The largest absolute Gasteiger partial charge is 0.384 e. The van der Waals surface area contributed by atoms with E-state index in [-0.39, 0.29) is 5.84 Å². The fraction of sp³-hybridized carbons (Fsp3) is 0.412. The predicted octanol–water partition coefficient (Wildman–Crippen LogP) is 3.39. The Hall–Kier alpha value is -2.10. The third-order valence-electron chi connectivity index (χ3n) is 3.45. The van der Waals surface area contributed by atoms with Crippen LogP contribution in [0.3, 0.4) is 0 Å². The summed E-state index contributed by atoms with van der Waals surface area (Å²) in [6, 6.07) is 10.2. The molecule has 1 heterocycles. The number of nitrogen functional groups attached to an aromatic ring is 1. The van der Waals surface area contributed by atoms with Gasteiger partial charge >= 0.3 is 0 Å². The second-order valence-electron chi connectivity index (χ2n) is 6.11. The summed E-state index contributed by atoms with van der Waals surface area (Å²) in [6.45, 7) is 9.54. The second-order valence-corrected chi connectivity index (χ2v) is 6.11. The van der Waals surface area contributed by atoms with Crippen molar-refractivity contribution in [1.29, 1.82) is 5.41 Å². The first-order valence-corrected chi connectivity index (χ1v) is 7.41. The van der Waals surface area contributed by atoms with Gasteiger partial charge in [0.1, 0.15) is 11.7 Å². The highest BCUT2D eigenvalue weighted by Crippen LogP contribution is 2.25. The molecule has 1 aromatic carbocycles. The Bertz CT molecular complexity index is 646. The average Bonchev–Trinajstić information content (AvgIpc) is 2.42. The molecule has 0 fully saturated rings. The number of anilines is 1. The normalized spacial score (nSPS) is 11.3. The molecule has 0 amide bonds. The summed E-state index contributed by atoms with van der Waals surface area (Å²) in [5.41, 5.74) is 7.44. The van der Waals surface area contributed by atoms with Crippen LogP contribution in [0.15, 0.2) is 30.3 Å². The number of para-hydroxylation sites is 1. The van der Waals surface area contributed by atoms with E-state index in [0.717, 1.165) is 23.3 Å². The van der Waals surface area contributed by atoms with Crippen molar-refractivity contribution < 1.29 is 0 Å². The van der Waals surface area contributed by atoms with E-state index in [2.05, 4.69) is 32.6 Å². The van der Waals surface area contributed by atoms with E-state index in [1.165, 1.54) is 0 Å². The first kappa shape index (κ1) is 15.3. The summed E-state index contributed by atoms with van der Waals surface area (Å²) >= 11 is 0. The summed E-state index contributed by atoms with van der Waals surface area (Å²) in [6.07, 6.45) is 0. The number of hydrogen-bond acceptors (Lipinski definition) is 3. The minimum Gasteiger partial charge on any atom is -0.384 e. The quantitative estimate of drug-likeness (QED) is 0.653. The van der Waals surface area contributed by atoms with Crippen LogP contribution in [0.1, 0.15) is 33.3 Å². The van der Waals surface area contributed by atoms with E-state index in [4.69, 9.17) is 16.1 Å². The molecule has 0 saturated carbocycles. The van der Waals surface area contributed by atoms with E-state index in [1.54, 1.807) is 0 Å². The van der Waals surface area contributed by atoms with Crippen LogP contribution in [0.5, 0.6) is 0 Å². The molecule has 0 atom stereocenters. The fourth-order valence-electron chi connectivity index (χ4n) is 2.46. The molecule has 3 N–H and O–H groups in total. The Balaban J connectivity index is 2.63. The van der Waals surface area contributed by atoms with Crippen LogP contribution in [0.4, 0.5) is 5.82 Å². The maximum absolute atomic E-state index is 7.88. The van der Waals surface area contributed by atoms with Crippen molar-refractivity contribution >= 4 is 22.6 Å². The Kier molecular flexibility index (Phi) is 4.46. The molecule has 21 heavy (non-hydrogen) atoms. The maximum Gasteiger partial charge on any atom is 0.140 e. The number of pyridine rings is 1. The number of hydrogen-bond donors (Lipinski definition) is 2. The van der Waals surface area contributed by atoms with Crippen molar-refractivity contribution in [2.75, 3.05) is 11.4 Å². The van der Waals surface area contributed by atoms with Crippen molar-refractivity contribution in [1.82, 2.24) is 4.98 Å². The molecule has 2 rings (SSSR count). The monoisotopic (exact) mass is 284 g/mol. The van der Waals surface area contributed by atoms with Crippen LogP contribution >= 0.6 is 0 Å². The predicted molar refractivity (Wildman–Crippen MR) is 90.1 cm³/mol. The zero-order valence-electron chi connectivity index (χ0n) is 13.2. The lowest BCUT2D eigenvalue weighted by molar-refractivity contribution is 0.566. The number of nitrogens with two attached hydrogens (primary N) is 1. The zero-order chi connectivity index (χ0) is 15.6. The Morgan fingerprint density at radius 3 is 2.48 bits per heavy atom. The molecule has 0 bridgehead atoms. The van der Waals surface area contributed by atoms with Gasteiger partial charge in [0.2, 0.25) is 0 Å². The molecule has 4 heteroatoms. The standard InChI is InChI=1S/C17H24N4/c1-11(2)10-21(12(3)4)17-14(16(18)19)9-13-7-5-6-8-15(13)20-17/h5-9,11-12H,10H2,1-4H3,(H3,18,19). The van der Waals surface area contributed by atoms with Crippen LogP contribution < -0.4 is 10.6 Å². The highest BCUT2D eigenvalue weighted by molar-refractivity contribution is 6.03. The highest BCUT2D eigenvalue weighted by Gasteiger charge is 2.19. The van der Waals surface area contributed by atoms with Gasteiger partial charge in [-0.25, -0.2) is 4.98 Å². The van der Waals surface area contributed by atoms with Gasteiger partial charge in [0.25, 0.3) is 0 Å². The van der Waals surface area contributed by atoms with Gasteiger partial charge in [0.15, 0.2) is 0 Å². The number of nitrogens with one attached hydrogen (secondary N) is 1. The van der Waals surface area contributed by atoms with E-state index >= 15 is 0 Å². The molecule has 2 aromatic rings. The van der Waals surface area contributed by atoms with Gasteiger partial charge in [0, 0.05) is 18.0 Å². The van der Waals surface area contributed by atoms with Gasteiger partial charge in [-0.05, 0) is 31.9 Å². The molecule has 0 aliphatic rings. The average molecular weight is 284 g/mol. The summed E-state index contributed by atoms with van der Waals surface area (Å²) in [5, 5.41) is 8.89. The Labute approximate surface area is 126 Å². The third-order valence-corrected chi connectivity index (χ3v) is 3.45. The minimum atomic E-state index is 0.0673. The molecular formula is C17H24N4. The molecule has 0 aliphatic heterocycles. The first-order chi connectivity index (χ1) is 9.90. The fourth-order valence-corrected chi connectivity index (χ4v) is 2.46. The van der Waals surface area contributed by atoms with Crippen LogP contribution in [-0.2, 0) is 0 Å². The SMILES string of the molecule is CC(C)CN(c1nc2ccccc2cc1C(=N)N)C(C)C. The minimum absolute atomic E-state index is 0.0673. The van der Waals surface area contributed by atoms with E-state index in [9.17, 15) is 0 Å². The number of rotatable bonds is 5. The van der Waals surface area contributed by atoms with Gasteiger partial charge in [-0.1, -0.05) is 32.0 Å². The lowest BCUT2D eigenvalue weighted by atomic mass is 10.1. The second kappa shape index (κ2) is 6.12. The van der Waals surface area contributed by atoms with Gasteiger partial charge in [-0.15, -0.1) is 0 Å². The number of nitrogens with zero attached hydrogens (tertiary/aromatic N) is 2. The summed E-state index contributed by atoms with van der Waals surface area (Å²) in [5.74, 6) is 1.39. The number of benzene rings is 1. The first-order valence-electron chi connectivity index (χ1n) is 7.41. The number of fused-ring (bicyclic) bond motifs is 1. The number of aromatic nitrogens is 1. The lowest BCUT2D eigenvalue weighted by Crippen LogP contribution is -2.36. The summed E-state index contributed by atoms with van der Waals surface area (Å²) in [4.78, 5) is 7.01. The third kappa shape index (κ3) is 3.32. The summed E-state index contributed by atoms with van der Waals surface area (Å²) < 4.78 is 0. The van der Waals surface area contributed by atoms with Crippen molar-refractivity contribution in [2.24, 2.45) is 11.7 Å². The van der Waals surface area contributed by atoms with E-state index < -0.39 is 0 Å². The van der Waals surface area contributed by atoms with E-state index in [0.29, 0.717) is 17.5 Å². The van der Waals surface area contributed by atoms with Crippen LogP contribution in [0, 0.1) is 11.3 Å². The summed E-state index contributed by atoms with van der Waals surface area (Å²) in [7, 11) is 0. The van der Waals surface area contributed by atoms with Crippen LogP contribution in [-0.4, -0.2) is 23.4 Å². The van der Waals surface area contributed by atoms with Gasteiger partial charge in [-0.3, -0.25) is 5.41 Å². The molecule has 1 aromatic heterocycles.